The number of methoxy groups -OCH3 is 1. The summed E-state index contributed by atoms with van der Waals surface area (Å²) in [5.41, 5.74) is 0.230. The standard InChI is InChI=1S/C29H32F6O3/c1-36-25-16-17-26(27(30)18-25)28(31,32)37-23-12-6-20(7-13-23)3-2-19-4-8-21(9-5-19)22-10-14-24(15-11-22)38-29(33,34)35/h2-3,10-11,14-21,23H,4-9,12-13H2,1H3/b3-2+. The van der Waals surface area contributed by atoms with E-state index in [2.05, 4.69) is 16.9 Å². The first-order valence-corrected chi connectivity index (χ1v) is 13.0. The first kappa shape index (κ1) is 28.3. The summed E-state index contributed by atoms with van der Waals surface area (Å²) in [6, 6.07) is 9.33. The van der Waals surface area contributed by atoms with E-state index >= 15 is 0 Å². The quantitative estimate of drug-likeness (QED) is 0.246. The molecule has 2 aromatic rings. The number of alkyl halides is 5. The minimum absolute atomic E-state index is 0.163. The number of allylic oxidation sites excluding steroid dienone is 2. The summed E-state index contributed by atoms with van der Waals surface area (Å²) in [5, 5.41) is 0. The number of hydrogen-bond acceptors (Lipinski definition) is 3. The minimum Gasteiger partial charge on any atom is -0.497 e. The van der Waals surface area contributed by atoms with Crippen LogP contribution in [0.3, 0.4) is 0 Å². The van der Waals surface area contributed by atoms with Crippen LogP contribution in [0.2, 0.25) is 0 Å². The third-order valence-electron chi connectivity index (χ3n) is 7.54. The molecule has 2 saturated carbocycles. The van der Waals surface area contributed by atoms with Gasteiger partial charge >= 0.3 is 12.5 Å². The molecule has 4 rings (SSSR count). The molecule has 2 aliphatic carbocycles. The van der Waals surface area contributed by atoms with Gasteiger partial charge < -0.3 is 14.2 Å². The van der Waals surface area contributed by atoms with Crippen LogP contribution >= 0.6 is 0 Å². The maximum atomic E-state index is 14.6. The van der Waals surface area contributed by atoms with E-state index in [1.165, 1.54) is 25.3 Å². The lowest BCUT2D eigenvalue weighted by molar-refractivity contribution is -0.279. The minimum atomic E-state index is -4.69. The summed E-state index contributed by atoms with van der Waals surface area (Å²) in [4.78, 5) is 0. The Hall–Kier alpha value is -2.68. The second kappa shape index (κ2) is 12.0. The van der Waals surface area contributed by atoms with Crippen molar-refractivity contribution in [3.63, 3.8) is 0 Å². The van der Waals surface area contributed by atoms with Crippen molar-refractivity contribution in [1.82, 2.24) is 0 Å². The molecule has 9 heteroatoms. The fourth-order valence-electron chi connectivity index (χ4n) is 5.43. The van der Waals surface area contributed by atoms with Crippen molar-refractivity contribution in [3.8, 4) is 11.5 Å². The van der Waals surface area contributed by atoms with Crippen LogP contribution in [0.25, 0.3) is 0 Å². The molecule has 2 aromatic carbocycles. The molecule has 0 atom stereocenters. The van der Waals surface area contributed by atoms with E-state index in [9.17, 15) is 26.3 Å². The molecule has 2 fully saturated rings. The monoisotopic (exact) mass is 542 g/mol. The molecule has 3 nitrogen and oxygen atoms in total. The van der Waals surface area contributed by atoms with Gasteiger partial charge in [-0.05, 0) is 98.9 Å². The molecular weight excluding hydrogens is 510 g/mol. The van der Waals surface area contributed by atoms with Crippen LogP contribution in [0.4, 0.5) is 26.3 Å². The lowest BCUT2D eigenvalue weighted by Crippen LogP contribution is -2.30. The molecular formula is C29H32F6O3. The number of ether oxygens (including phenoxy) is 3. The van der Waals surface area contributed by atoms with Gasteiger partial charge in [-0.2, -0.15) is 8.78 Å². The van der Waals surface area contributed by atoms with Crippen molar-refractivity contribution in [1.29, 1.82) is 0 Å². The Balaban J connectivity index is 1.20. The van der Waals surface area contributed by atoms with Gasteiger partial charge in [0, 0.05) is 6.07 Å². The zero-order valence-corrected chi connectivity index (χ0v) is 21.2. The molecule has 38 heavy (non-hydrogen) atoms. The van der Waals surface area contributed by atoms with Crippen molar-refractivity contribution >= 4 is 0 Å². The highest BCUT2D eigenvalue weighted by atomic mass is 19.4. The van der Waals surface area contributed by atoms with Gasteiger partial charge in [0.25, 0.3) is 0 Å². The highest BCUT2D eigenvalue weighted by molar-refractivity contribution is 5.31. The lowest BCUT2D eigenvalue weighted by atomic mass is 9.78. The number of rotatable bonds is 8. The predicted octanol–water partition coefficient (Wildman–Crippen LogP) is 8.89. The van der Waals surface area contributed by atoms with Gasteiger partial charge in [-0.3, -0.25) is 0 Å². The summed E-state index contributed by atoms with van der Waals surface area (Å²) >= 11 is 0. The third-order valence-corrected chi connectivity index (χ3v) is 7.54. The smallest absolute Gasteiger partial charge is 0.497 e. The maximum Gasteiger partial charge on any atom is 0.573 e. The number of hydrogen-bond donors (Lipinski definition) is 0. The van der Waals surface area contributed by atoms with Gasteiger partial charge in [0.15, 0.2) is 0 Å². The predicted molar refractivity (Wildman–Crippen MR) is 131 cm³/mol. The summed E-state index contributed by atoms with van der Waals surface area (Å²) in [6.07, 6.45) is 1.64. The van der Waals surface area contributed by atoms with E-state index in [-0.39, 0.29) is 11.5 Å². The summed E-state index contributed by atoms with van der Waals surface area (Å²) < 4.78 is 94.2. The Kier molecular flexibility index (Phi) is 8.96. The fourth-order valence-corrected chi connectivity index (χ4v) is 5.43. The van der Waals surface area contributed by atoms with Gasteiger partial charge in [-0.25, -0.2) is 4.39 Å². The second-order valence-corrected chi connectivity index (χ2v) is 10.1. The Morgan fingerprint density at radius 1 is 0.737 bits per heavy atom. The number of benzene rings is 2. The van der Waals surface area contributed by atoms with E-state index in [0.717, 1.165) is 56.2 Å². The maximum absolute atomic E-state index is 14.6. The van der Waals surface area contributed by atoms with Crippen LogP contribution in [0.5, 0.6) is 11.5 Å². The molecule has 0 N–H and O–H groups in total. The topological polar surface area (TPSA) is 27.7 Å². The summed E-state index contributed by atoms with van der Waals surface area (Å²) in [5.74, 6) is -0.0841. The van der Waals surface area contributed by atoms with E-state index < -0.39 is 30.0 Å². The van der Waals surface area contributed by atoms with Crippen LogP contribution in [-0.4, -0.2) is 19.6 Å². The fraction of sp³-hybridized carbons (Fsp3) is 0.517. The Morgan fingerprint density at radius 2 is 1.29 bits per heavy atom. The summed E-state index contributed by atoms with van der Waals surface area (Å²) in [7, 11) is 1.34. The van der Waals surface area contributed by atoms with Gasteiger partial charge in [0.05, 0.1) is 18.8 Å². The Bertz CT molecular complexity index is 1070. The van der Waals surface area contributed by atoms with Crippen molar-refractivity contribution in [2.45, 2.75) is 75.9 Å². The van der Waals surface area contributed by atoms with Gasteiger partial charge in [0.1, 0.15) is 17.3 Å². The van der Waals surface area contributed by atoms with E-state index in [1.54, 1.807) is 12.1 Å². The first-order valence-electron chi connectivity index (χ1n) is 13.0. The highest BCUT2D eigenvalue weighted by Crippen LogP contribution is 2.40. The average Bonchev–Trinajstić information content (AvgIpc) is 2.88. The molecule has 208 valence electrons. The molecule has 0 spiro atoms. The highest BCUT2D eigenvalue weighted by Gasteiger charge is 2.39. The third kappa shape index (κ3) is 7.68. The molecule has 0 bridgehead atoms. The van der Waals surface area contributed by atoms with Gasteiger partial charge in [-0.15, -0.1) is 13.2 Å². The SMILES string of the molecule is COc1ccc(C(F)(F)OC2CCC(/C=C/C3CCC(c4ccc(OC(F)(F)F)cc4)CC3)CC2)c(F)c1. The van der Waals surface area contributed by atoms with Crippen LogP contribution < -0.4 is 9.47 Å². The normalized spacial score (nSPS) is 24.9. The van der Waals surface area contributed by atoms with E-state index in [4.69, 9.17) is 9.47 Å². The largest absolute Gasteiger partial charge is 0.573 e. The molecule has 2 aliphatic rings. The first-order chi connectivity index (χ1) is 18.0. The van der Waals surface area contributed by atoms with Crippen molar-refractivity contribution in [2.75, 3.05) is 7.11 Å². The summed E-state index contributed by atoms with van der Waals surface area (Å²) in [6.45, 7) is 0. The molecule has 0 heterocycles. The molecule has 0 aromatic heterocycles. The van der Waals surface area contributed by atoms with Gasteiger partial charge in [-0.1, -0.05) is 24.3 Å². The van der Waals surface area contributed by atoms with Crippen LogP contribution in [0.15, 0.2) is 54.6 Å². The molecule has 0 amide bonds. The second-order valence-electron chi connectivity index (χ2n) is 10.1. The van der Waals surface area contributed by atoms with Gasteiger partial charge in [0.2, 0.25) is 0 Å². The van der Waals surface area contributed by atoms with E-state index in [0.29, 0.717) is 30.6 Å². The Morgan fingerprint density at radius 3 is 1.82 bits per heavy atom. The average molecular weight is 543 g/mol. The molecule has 0 unspecified atom stereocenters. The zero-order chi connectivity index (χ0) is 27.3. The van der Waals surface area contributed by atoms with Crippen molar-refractivity contribution in [2.24, 2.45) is 11.8 Å². The molecule has 0 radical (unpaired) electrons. The Labute approximate surface area is 218 Å². The van der Waals surface area contributed by atoms with Crippen molar-refractivity contribution < 1.29 is 40.6 Å². The molecule has 0 saturated heterocycles. The zero-order valence-electron chi connectivity index (χ0n) is 21.2. The van der Waals surface area contributed by atoms with Crippen molar-refractivity contribution in [3.05, 3.63) is 71.6 Å². The number of halogens is 6. The van der Waals surface area contributed by atoms with Crippen LogP contribution in [-0.2, 0) is 10.8 Å². The molecule has 0 aliphatic heterocycles. The lowest BCUT2D eigenvalue weighted by Gasteiger charge is -2.31. The van der Waals surface area contributed by atoms with E-state index in [1.807, 2.05) is 0 Å². The van der Waals surface area contributed by atoms with Crippen LogP contribution in [0.1, 0.15) is 68.4 Å². The van der Waals surface area contributed by atoms with Crippen LogP contribution in [0, 0.1) is 17.7 Å².